The molecule has 2 rings (SSSR count). The van der Waals surface area contributed by atoms with E-state index in [1.54, 1.807) is 12.1 Å². The van der Waals surface area contributed by atoms with Gasteiger partial charge in [0.25, 0.3) is 0 Å². The fraction of sp³-hybridized carbons (Fsp3) is 0.533. The standard InChI is InChI=1S/C15H19F3N2O/c1-3-5-12-14(21)20(9-15(16,17)18)13(19-12)11-7-4-6-10(2)8-11/h4,6-8,12-13,19H,3,5,9H2,1-2H3. The molecular formula is C15H19F3N2O. The minimum Gasteiger partial charge on any atom is -0.312 e. The molecule has 0 spiro atoms. The molecule has 0 bridgehead atoms. The van der Waals surface area contributed by atoms with Crippen LogP contribution in [0.15, 0.2) is 24.3 Å². The number of carbonyl (C=O) groups excluding carboxylic acids is 1. The normalized spacial score (nSPS) is 22.9. The van der Waals surface area contributed by atoms with Crippen molar-refractivity contribution in [2.24, 2.45) is 0 Å². The largest absolute Gasteiger partial charge is 0.406 e. The van der Waals surface area contributed by atoms with Crippen LogP contribution in [0.1, 0.15) is 37.1 Å². The van der Waals surface area contributed by atoms with E-state index < -0.39 is 30.8 Å². The Labute approximate surface area is 122 Å². The lowest BCUT2D eigenvalue weighted by molar-refractivity contribution is -0.161. The molecule has 1 aliphatic rings. The lowest BCUT2D eigenvalue weighted by atomic mass is 10.1. The number of amides is 1. The first kappa shape index (κ1) is 15.8. The average molecular weight is 300 g/mol. The second kappa shape index (κ2) is 6.05. The third-order valence-corrected chi connectivity index (χ3v) is 3.54. The van der Waals surface area contributed by atoms with E-state index in [0.717, 1.165) is 16.9 Å². The summed E-state index contributed by atoms with van der Waals surface area (Å²) in [5, 5.41) is 3.03. The summed E-state index contributed by atoms with van der Waals surface area (Å²) >= 11 is 0. The van der Waals surface area contributed by atoms with Gasteiger partial charge in [0.2, 0.25) is 5.91 Å². The van der Waals surface area contributed by atoms with Crippen LogP contribution in [0.4, 0.5) is 13.2 Å². The maximum atomic E-state index is 12.7. The highest BCUT2D eigenvalue weighted by Gasteiger charge is 2.44. The Balaban J connectivity index is 2.29. The molecule has 1 aromatic carbocycles. The Hall–Kier alpha value is -1.56. The number of hydrogen-bond acceptors (Lipinski definition) is 2. The highest BCUT2D eigenvalue weighted by molar-refractivity contribution is 5.84. The van der Waals surface area contributed by atoms with E-state index in [9.17, 15) is 18.0 Å². The molecule has 0 aliphatic carbocycles. The number of nitrogens with one attached hydrogen (secondary N) is 1. The number of alkyl halides is 3. The van der Waals surface area contributed by atoms with Gasteiger partial charge in [-0.05, 0) is 18.9 Å². The maximum absolute atomic E-state index is 12.7. The summed E-state index contributed by atoms with van der Waals surface area (Å²) in [5.41, 5.74) is 1.64. The minimum atomic E-state index is -4.40. The van der Waals surface area contributed by atoms with Crippen molar-refractivity contribution in [3.63, 3.8) is 0 Å². The minimum absolute atomic E-state index is 0.472. The second-order valence-electron chi connectivity index (χ2n) is 5.41. The molecule has 2 atom stereocenters. The zero-order valence-corrected chi connectivity index (χ0v) is 12.1. The van der Waals surface area contributed by atoms with E-state index in [1.807, 2.05) is 26.0 Å². The first-order valence-corrected chi connectivity index (χ1v) is 7.01. The van der Waals surface area contributed by atoms with Gasteiger partial charge < -0.3 is 4.90 Å². The van der Waals surface area contributed by atoms with Crippen LogP contribution in [0.5, 0.6) is 0 Å². The van der Waals surface area contributed by atoms with Gasteiger partial charge in [-0.1, -0.05) is 43.2 Å². The van der Waals surface area contributed by atoms with E-state index in [0.29, 0.717) is 12.0 Å². The topological polar surface area (TPSA) is 32.3 Å². The molecule has 1 N–H and O–H groups in total. The van der Waals surface area contributed by atoms with Crippen molar-refractivity contribution in [1.82, 2.24) is 10.2 Å². The summed E-state index contributed by atoms with van der Waals surface area (Å²) in [4.78, 5) is 13.1. The Morgan fingerprint density at radius 1 is 1.33 bits per heavy atom. The van der Waals surface area contributed by atoms with Crippen LogP contribution >= 0.6 is 0 Å². The van der Waals surface area contributed by atoms with Crippen molar-refractivity contribution in [3.8, 4) is 0 Å². The zero-order chi connectivity index (χ0) is 15.6. The Morgan fingerprint density at radius 2 is 2.05 bits per heavy atom. The molecule has 116 valence electrons. The molecule has 3 nitrogen and oxygen atoms in total. The molecule has 0 aromatic heterocycles. The van der Waals surface area contributed by atoms with Crippen LogP contribution < -0.4 is 5.32 Å². The zero-order valence-electron chi connectivity index (χ0n) is 12.1. The van der Waals surface area contributed by atoms with Gasteiger partial charge in [0.05, 0.1) is 6.04 Å². The molecule has 1 aromatic rings. The van der Waals surface area contributed by atoms with Gasteiger partial charge in [-0.2, -0.15) is 13.2 Å². The molecule has 6 heteroatoms. The van der Waals surface area contributed by atoms with Crippen LogP contribution in [-0.2, 0) is 4.79 Å². The molecule has 1 amide bonds. The van der Waals surface area contributed by atoms with Crippen molar-refractivity contribution in [3.05, 3.63) is 35.4 Å². The maximum Gasteiger partial charge on any atom is 0.406 e. The van der Waals surface area contributed by atoms with E-state index in [-0.39, 0.29) is 0 Å². The first-order valence-electron chi connectivity index (χ1n) is 7.01. The molecule has 2 unspecified atom stereocenters. The predicted molar refractivity (Wildman–Crippen MR) is 73.5 cm³/mol. The summed E-state index contributed by atoms with van der Waals surface area (Å²) in [5.74, 6) is -0.472. The number of nitrogens with zero attached hydrogens (tertiary/aromatic N) is 1. The number of benzene rings is 1. The third kappa shape index (κ3) is 3.75. The van der Waals surface area contributed by atoms with Crippen molar-refractivity contribution in [2.45, 2.75) is 45.1 Å². The van der Waals surface area contributed by atoms with Gasteiger partial charge in [0.15, 0.2) is 0 Å². The molecule has 21 heavy (non-hydrogen) atoms. The van der Waals surface area contributed by atoms with Gasteiger partial charge in [0, 0.05) is 0 Å². The third-order valence-electron chi connectivity index (χ3n) is 3.54. The smallest absolute Gasteiger partial charge is 0.312 e. The van der Waals surface area contributed by atoms with Gasteiger partial charge in [0.1, 0.15) is 12.7 Å². The van der Waals surface area contributed by atoms with Crippen LogP contribution in [0.2, 0.25) is 0 Å². The SMILES string of the molecule is CCCC1NC(c2cccc(C)c2)N(CC(F)(F)F)C1=O. The molecule has 0 radical (unpaired) electrons. The van der Waals surface area contributed by atoms with E-state index in [4.69, 9.17) is 0 Å². The van der Waals surface area contributed by atoms with Crippen molar-refractivity contribution in [1.29, 1.82) is 0 Å². The van der Waals surface area contributed by atoms with Gasteiger partial charge >= 0.3 is 6.18 Å². The summed E-state index contributed by atoms with van der Waals surface area (Å²) in [6, 6.07) is 6.68. The van der Waals surface area contributed by atoms with Gasteiger partial charge in [-0.15, -0.1) is 0 Å². The predicted octanol–water partition coefficient (Wildman–Crippen LogP) is 3.16. The molecule has 1 heterocycles. The quantitative estimate of drug-likeness (QED) is 0.926. The number of rotatable bonds is 4. The monoisotopic (exact) mass is 300 g/mol. The lowest BCUT2D eigenvalue weighted by Gasteiger charge is -2.25. The van der Waals surface area contributed by atoms with Crippen molar-refractivity contribution >= 4 is 5.91 Å². The summed E-state index contributed by atoms with van der Waals surface area (Å²) in [6.45, 7) is 2.55. The van der Waals surface area contributed by atoms with Gasteiger partial charge in [-0.3, -0.25) is 10.1 Å². The molecule has 0 saturated carbocycles. The first-order chi connectivity index (χ1) is 9.81. The molecular weight excluding hydrogens is 281 g/mol. The van der Waals surface area contributed by atoms with Crippen molar-refractivity contribution in [2.75, 3.05) is 6.54 Å². The number of halogens is 3. The second-order valence-corrected chi connectivity index (χ2v) is 5.41. The average Bonchev–Trinajstić information content (AvgIpc) is 2.67. The summed E-state index contributed by atoms with van der Waals surface area (Å²) < 4.78 is 38.2. The summed E-state index contributed by atoms with van der Waals surface area (Å²) in [7, 11) is 0. The Bertz CT molecular complexity index is 516. The highest BCUT2D eigenvalue weighted by atomic mass is 19.4. The number of carbonyl (C=O) groups is 1. The van der Waals surface area contributed by atoms with E-state index in [2.05, 4.69) is 5.32 Å². The number of hydrogen-bond donors (Lipinski definition) is 1. The fourth-order valence-corrected chi connectivity index (χ4v) is 2.65. The van der Waals surface area contributed by atoms with Crippen LogP contribution in [0.3, 0.4) is 0 Å². The Morgan fingerprint density at radius 3 is 2.62 bits per heavy atom. The van der Waals surface area contributed by atoms with Crippen LogP contribution in [0, 0.1) is 6.92 Å². The molecule has 1 aliphatic heterocycles. The molecule has 1 fully saturated rings. The van der Waals surface area contributed by atoms with Crippen molar-refractivity contribution < 1.29 is 18.0 Å². The van der Waals surface area contributed by atoms with Gasteiger partial charge in [-0.25, -0.2) is 0 Å². The molecule has 1 saturated heterocycles. The summed E-state index contributed by atoms with van der Waals surface area (Å²) in [6.07, 6.45) is -3.84. The van der Waals surface area contributed by atoms with Crippen LogP contribution in [-0.4, -0.2) is 29.6 Å². The lowest BCUT2D eigenvalue weighted by Crippen LogP contribution is -2.38. The van der Waals surface area contributed by atoms with Crippen LogP contribution in [0.25, 0.3) is 0 Å². The fourth-order valence-electron chi connectivity index (χ4n) is 2.65. The number of aryl methyl sites for hydroxylation is 1. The van der Waals surface area contributed by atoms with E-state index in [1.165, 1.54) is 0 Å². The Kier molecular flexibility index (Phi) is 4.56. The highest BCUT2D eigenvalue weighted by Crippen LogP contribution is 2.30. The van der Waals surface area contributed by atoms with E-state index >= 15 is 0 Å².